The molecule has 0 aromatic carbocycles. The molecule has 0 spiro atoms. The van der Waals surface area contributed by atoms with Gasteiger partial charge >= 0.3 is 0 Å². The van der Waals surface area contributed by atoms with Gasteiger partial charge in [0.05, 0.1) is 0 Å². The Bertz CT molecular complexity index is 1070. The van der Waals surface area contributed by atoms with Crippen molar-refractivity contribution in [3.63, 3.8) is 0 Å². The first kappa shape index (κ1) is 67.1. The van der Waals surface area contributed by atoms with Crippen molar-refractivity contribution in [2.45, 2.75) is 413 Å². The molecule has 2 heteroatoms. The van der Waals surface area contributed by atoms with Gasteiger partial charge in [0.25, 0.3) is 0 Å². The van der Waals surface area contributed by atoms with Crippen LogP contribution in [0.25, 0.3) is 0 Å². The fraction of sp³-hybridized carbons (Fsp3) is 0.941. The molecular weight excluding hydrogens is 845 g/mol. The first-order valence-corrected chi connectivity index (χ1v) is 33.6. The Morgan fingerprint density at radius 2 is 0.343 bits per heavy atom. The van der Waals surface area contributed by atoms with E-state index in [1.165, 1.54) is 396 Å². The summed E-state index contributed by atoms with van der Waals surface area (Å²) in [6, 6.07) is 0. The molecule has 0 aliphatic heterocycles. The number of rotatable bonds is 60. The molecule has 70 heavy (non-hydrogen) atoms. The fourth-order valence-corrected chi connectivity index (χ4v) is 11.4. The van der Waals surface area contributed by atoms with Gasteiger partial charge in [-0.1, -0.05) is 362 Å². The second-order valence-corrected chi connectivity index (χ2v) is 23.4. The monoisotopic (exact) mass is 977 g/mol. The highest BCUT2D eigenvalue weighted by molar-refractivity contribution is 5.27. The molecule has 0 aliphatic rings. The molecule has 2 nitrogen and oxygen atoms in total. The molecule has 0 atom stereocenters. The van der Waals surface area contributed by atoms with Gasteiger partial charge in [-0.2, -0.15) is 0 Å². The van der Waals surface area contributed by atoms with Gasteiger partial charge in [0, 0.05) is 17.8 Å². The summed E-state index contributed by atoms with van der Waals surface area (Å²) in [6.45, 7) is 9.28. The van der Waals surface area contributed by atoms with Gasteiger partial charge in [-0.3, -0.25) is 0 Å². The topological polar surface area (TPSA) is 25.8 Å². The number of nitrogens with zero attached hydrogens (tertiary/aromatic N) is 2. The highest BCUT2D eigenvalue weighted by Gasteiger charge is 2.15. The van der Waals surface area contributed by atoms with E-state index in [9.17, 15) is 0 Å². The van der Waals surface area contributed by atoms with Gasteiger partial charge in [-0.25, -0.2) is 9.97 Å². The molecule has 0 fully saturated rings. The molecule has 0 radical (unpaired) electrons. The van der Waals surface area contributed by atoms with Crippen LogP contribution >= 0.6 is 0 Å². The van der Waals surface area contributed by atoms with Gasteiger partial charge in [-0.05, 0) is 50.5 Å². The number of aryl methyl sites for hydroxylation is 3. The minimum absolute atomic E-state index is 1.06. The quantitative estimate of drug-likeness (QED) is 0.0608. The third-order valence-electron chi connectivity index (χ3n) is 16.3. The van der Waals surface area contributed by atoms with Crippen molar-refractivity contribution in [2.75, 3.05) is 0 Å². The first-order valence-electron chi connectivity index (χ1n) is 33.6. The lowest BCUT2D eigenvalue weighted by Crippen LogP contribution is -2.11. The van der Waals surface area contributed by atoms with E-state index in [-0.39, 0.29) is 0 Å². The predicted octanol–water partition coefficient (Wildman–Crippen LogP) is 24.6. The summed E-state index contributed by atoms with van der Waals surface area (Å²) in [4.78, 5) is 10.8. The fourth-order valence-electron chi connectivity index (χ4n) is 11.4. The number of unbranched alkanes of at least 4 members (excludes halogenated alkanes) is 52. The van der Waals surface area contributed by atoms with Gasteiger partial charge in [-0.15, -0.1) is 0 Å². The van der Waals surface area contributed by atoms with E-state index >= 15 is 0 Å². The molecule has 0 amide bonds. The maximum Gasteiger partial charge on any atom is 0.128 e. The zero-order valence-electron chi connectivity index (χ0n) is 49.3. The van der Waals surface area contributed by atoms with E-state index < -0.39 is 0 Å². The molecule has 1 heterocycles. The van der Waals surface area contributed by atoms with Gasteiger partial charge in [0.2, 0.25) is 0 Å². The van der Waals surface area contributed by atoms with Gasteiger partial charge < -0.3 is 0 Å². The van der Waals surface area contributed by atoms with Crippen molar-refractivity contribution in [1.82, 2.24) is 9.97 Å². The zero-order chi connectivity index (χ0) is 50.2. The van der Waals surface area contributed by atoms with Crippen LogP contribution in [0.2, 0.25) is 0 Å². The minimum atomic E-state index is 1.06. The molecule has 0 saturated carbocycles. The lowest BCUT2D eigenvalue weighted by Gasteiger charge is -2.16. The Morgan fingerprint density at radius 3 is 0.543 bits per heavy atom. The molecule has 1 aromatic rings. The summed E-state index contributed by atoms with van der Waals surface area (Å²) in [5.74, 6) is 1.17. The second-order valence-electron chi connectivity index (χ2n) is 23.4. The summed E-state index contributed by atoms with van der Waals surface area (Å²) in [6.07, 6.45) is 84.9. The van der Waals surface area contributed by atoms with Crippen LogP contribution in [0, 0.1) is 0 Å². The zero-order valence-corrected chi connectivity index (χ0v) is 49.3. The van der Waals surface area contributed by atoms with E-state index in [4.69, 9.17) is 9.97 Å². The van der Waals surface area contributed by atoms with E-state index in [1.54, 1.807) is 5.56 Å². The molecule has 1 aromatic heterocycles. The van der Waals surface area contributed by atoms with Crippen molar-refractivity contribution in [2.24, 2.45) is 0 Å². The van der Waals surface area contributed by atoms with Crippen LogP contribution in [0.3, 0.4) is 0 Å². The molecule has 0 saturated heterocycles. The lowest BCUT2D eigenvalue weighted by atomic mass is 9.96. The average molecular weight is 978 g/mol. The predicted molar refractivity (Wildman–Crippen MR) is 318 cm³/mol. The maximum absolute atomic E-state index is 5.40. The lowest BCUT2D eigenvalue weighted by molar-refractivity contribution is 0.522. The van der Waals surface area contributed by atoms with E-state index in [0.717, 1.165) is 6.42 Å². The molecule has 0 N–H and O–H groups in total. The van der Waals surface area contributed by atoms with Crippen molar-refractivity contribution in [3.05, 3.63) is 22.8 Å². The third-order valence-corrected chi connectivity index (χ3v) is 16.3. The van der Waals surface area contributed by atoms with Crippen molar-refractivity contribution >= 4 is 0 Å². The summed E-state index contributed by atoms with van der Waals surface area (Å²) in [5, 5.41) is 0. The standard InChI is InChI=1S/C68H132N2/c1-5-9-13-16-19-22-25-28-31-34-37-40-43-46-49-52-55-58-61-65-66(62-59-56-53-50-47-44-41-38-35-32-29-26-23-20-17-14-10-6-2)69-68(64-12-8-4)70-67(65)63-60-57-54-51-48-45-42-39-36-33-30-27-24-21-18-15-11-7-3/h5-64H2,1-4H3. The molecular formula is C68H132N2. The molecule has 0 unspecified atom stereocenters. The smallest absolute Gasteiger partial charge is 0.128 e. The normalized spacial score (nSPS) is 11.7. The number of aromatic nitrogens is 2. The highest BCUT2D eigenvalue weighted by Crippen LogP contribution is 2.24. The molecule has 0 bridgehead atoms. The van der Waals surface area contributed by atoms with Gasteiger partial charge in [0.1, 0.15) is 5.82 Å². The Kier molecular flexibility index (Phi) is 55.0. The van der Waals surface area contributed by atoms with Crippen LogP contribution in [-0.4, -0.2) is 9.97 Å². The third kappa shape index (κ3) is 46.8. The Hall–Kier alpha value is -0.920. The van der Waals surface area contributed by atoms with Crippen LogP contribution in [-0.2, 0) is 25.7 Å². The minimum Gasteiger partial charge on any atom is -0.238 e. The van der Waals surface area contributed by atoms with Crippen LogP contribution in [0.4, 0.5) is 0 Å². The number of hydrogen-bond donors (Lipinski definition) is 0. The first-order chi connectivity index (χ1) is 34.8. The summed E-state index contributed by atoms with van der Waals surface area (Å²) in [7, 11) is 0. The number of hydrogen-bond acceptors (Lipinski definition) is 2. The largest absolute Gasteiger partial charge is 0.238 e. The summed E-state index contributed by atoms with van der Waals surface area (Å²) >= 11 is 0. The summed E-state index contributed by atoms with van der Waals surface area (Å²) < 4.78 is 0. The van der Waals surface area contributed by atoms with Crippen molar-refractivity contribution < 1.29 is 0 Å². The molecule has 0 aliphatic carbocycles. The SMILES string of the molecule is CCCCCCCCCCCCCCCCCCCCc1nc(CCCC)nc(CCCCCCCCCCCCCCCCCCCC)c1CCCCCCCCCCCCCCCCCCCC. The Morgan fingerprint density at radius 1 is 0.171 bits per heavy atom. The maximum atomic E-state index is 5.40. The van der Waals surface area contributed by atoms with E-state index in [2.05, 4.69) is 27.7 Å². The van der Waals surface area contributed by atoms with Crippen LogP contribution in [0.1, 0.15) is 410 Å². The van der Waals surface area contributed by atoms with Crippen LogP contribution < -0.4 is 0 Å². The van der Waals surface area contributed by atoms with E-state index in [0.29, 0.717) is 0 Å². The van der Waals surface area contributed by atoms with Crippen molar-refractivity contribution in [1.29, 1.82) is 0 Å². The molecule has 1 rings (SSSR count). The van der Waals surface area contributed by atoms with Crippen LogP contribution in [0.15, 0.2) is 0 Å². The Labute approximate surface area is 443 Å². The average Bonchev–Trinajstić information content (AvgIpc) is 3.37. The summed E-state index contributed by atoms with van der Waals surface area (Å²) in [5.41, 5.74) is 4.51. The van der Waals surface area contributed by atoms with Gasteiger partial charge in [0.15, 0.2) is 0 Å². The second kappa shape index (κ2) is 57.4. The molecule has 414 valence electrons. The highest BCUT2D eigenvalue weighted by atomic mass is 14.9. The van der Waals surface area contributed by atoms with Crippen molar-refractivity contribution in [3.8, 4) is 0 Å². The van der Waals surface area contributed by atoms with E-state index in [1.807, 2.05) is 0 Å². The van der Waals surface area contributed by atoms with Crippen LogP contribution in [0.5, 0.6) is 0 Å². The Balaban J connectivity index is 2.48.